The van der Waals surface area contributed by atoms with Gasteiger partial charge in [-0.3, -0.25) is 4.90 Å². The first-order chi connectivity index (χ1) is 8.83. The molecule has 1 aromatic rings. The summed E-state index contributed by atoms with van der Waals surface area (Å²) in [5.41, 5.74) is 1.33. The third-order valence-corrected chi connectivity index (χ3v) is 4.28. The van der Waals surface area contributed by atoms with Gasteiger partial charge in [0.1, 0.15) is 0 Å². The Bertz CT molecular complexity index is 381. The molecule has 0 amide bonds. The first-order valence-electron chi connectivity index (χ1n) is 7.00. The molecule has 3 atom stereocenters. The zero-order valence-corrected chi connectivity index (χ0v) is 10.8. The molecule has 18 heavy (non-hydrogen) atoms. The fraction of sp³-hybridized carbons (Fsp3) is 0.600. The van der Waals surface area contributed by atoms with Crippen LogP contribution in [0.15, 0.2) is 30.3 Å². The molecule has 0 bridgehead atoms. The third-order valence-electron chi connectivity index (χ3n) is 4.28. The number of aliphatic hydroxyl groups is 1. The van der Waals surface area contributed by atoms with Crippen molar-refractivity contribution >= 4 is 0 Å². The molecule has 2 aliphatic heterocycles. The van der Waals surface area contributed by atoms with Gasteiger partial charge in [-0.1, -0.05) is 30.3 Å². The molecule has 2 N–H and O–H groups in total. The summed E-state index contributed by atoms with van der Waals surface area (Å²) in [6.07, 6.45) is 2.22. The summed E-state index contributed by atoms with van der Waals surface area (Å²) in [5, 5.41) is 13.8. The number of nitrogens with zero attached hydrogens (tertiary/aromatic N) is 1. The topological polar surface area (TPSA) is 35.5 Å². The number of likely N-dealkylation sites (tertiary alicyclic amines) is 1. The fourth-order valence-electron chi connectivity index (χ4n) is 3.36. The van der Waals surface area contributed by atoms with Gasteiger partial charge in [0.15, 0.2) is 0 Å². The van der Waals surface area contributed by atoms with Gasteiger partial charge in [-0.15, -0.1) is 0 Å². The Morgan fingerprint density at radius 3 is 2.89 bits per heavy atom. The molecule has 0 saturated carbocycles. The minimum atomic E-state index is -0.166. The lowest BCUT2D eigenvalue weighted by Gasteiger charge is -2.44. The van der Waals surface area contributed by atoms with Crippen molar-refractivity contribution in [3.8, 4) is 0 Å². The van der Waals surface area contributed by atoms with Gasteiger partial charge in [-0.05, 0) is 24.9 Å². The van der Waals surface area contributed by atoms with E-state index in [0.29, 0.717) is 12.0 Å². The van der Waals surface area contributed by atoms with Crippen LogP contribution in [0.3, 0.4) is 0 Å². The lowest BCUT2D eigenvalue weighted by Crippen LogP contribution is -2.59. The van der Waals surface area contributed by atoms with Gasteiger partial charge in [0.2, 0.25) is 0 Å². The highest BCUT2D eigenvalue weighted by molar-refractivity contribution is 5.14. The number of aliphatic hydroxyl groups excluding tert-OH is 1. The first-order valence-corrected chi connectivity index (χ1v) is 7.00. The van der Waals surface area contributed by atoms with Gasteiger partial charge in [-0.25, -0.2) is 0 Å². The molecule has 3 rings (SSSR count). The zero-order valence-electron chi connectivity index (χ0n) is 10.8. The molecular formula is C15H22N2O. The van der Waals surface area contributed by atoms with Crippen molar-refractivity contribution in [3.63, 3.8) is 0 Å². The van der Waals surface area contributed by atoms with Crippen LogP contribution in [0.25, 0.3) is 0 Å². The maximum absolute atomic E-state index is 10.3. The molecule has 2 fully saturated rings. The molecule has 0 aromatic heterocycles. The minimum absolute atomic E-state index is 0.166. The van der Waals surface area contributed by atoms with Crippen molar-refractivity contribution in [3.05, 3.63) is 35.9 Å². The van der Waals surface area contributed by atoms with E-state index in [2.05, 4.69) is 34.5 Å². The average molecular weight is 246 g/mol. The second kappa shape index (κ2) is 5.39. The maximum Gasteiger partial charge on any atom is 0.0710 e. The van der Waals surface area contributed by atoms with E-state index in [1.807, 2.05) is 6.07 Å². The van der Waals surface area contributed by atoms with E-state index >= 15 is 0 Å². The molecule has 0 radical (unpaired) electrons. The average Bonchev–Trinajstić information content (AvgIpc) is 2.40. The summed E-state index contributed by atoms with van der Waals surface area (Å²) >= 11 is 0. The zero-order chi connectivity index (χ0) is 12.4. The van der Waals surface area contributed by atoms with Crippen LogP contribution in [0.5, 0.6) is 0 Å². The number of fused-ring (bicyclic) bond motifs is 1. The molecule has 3 nitrogen and oxygen atoms in total. The number of nitrogens with one attached hydrogen (secondary N) is 1. The summed E-state index contributed by atoms with van der Waals surface area (Å²) in [5.74, 6) is 0.464. The summed E-state index contributed by atoms with van der Waals surface area (Å²) in [6.45, 7) is 3.93. The number of benzene rings is 1. The summed E-state index contributed by atoms with van der Waals surface area (Å²) in [7, 11) is 0. The Morgan fingerprint density at radius 2 is 2.06 bits per heavy atom. The first kappa shape index (κ1) is 12.2. The third kappa shape index (κ3) is 2.58. The van der Waals surface area contributed by atoms with E-state index in [1.165, 1.54) is 18.4 Å². The van der Waals surface area contributed by atoms with Crippen molar-refractivity contribution < 1.29 is 5.11 Å². The Balaban J connectivity index is 1.64. The summed E-state index contributed by atoms with van der Waals surface area (Å²) in [6, 6.07) is 11.0. The quantitative estimate of drug-likeness (QED) is 0.824. The largest absolute Gasteiger partial charge is 0.391 e. The number of rotatable bonds is 2. The highest BCUT2D eigenvalue weighted by Crippen LogP contribution is 2.26. The lowest BCUT2D eigenvalue weighted by atomic mass is 9.82. The SMILES string of the molecule is OC1CN(Cc2ccccc2)CC2NCCCC12. The van der Waals surface area contributed by atoms with E-state index in [9.17, 15) is 5.11 Å². The van der Waals surface area contributed by atoms with E-state index in [4.69, 9.17) is 0 Å². The van der Waals surface area contributed by atoms with Gasteiger partial charge < -0.3 is 10.4 Å². The molecule has 1 aromatic carbocycles. The van der Waals surface area contributed by atoms with Crippen molar-refractivity contribution in [2.45, 2.75) is 31.5 Å². The summed E-state index contributed by atoms with van der Waals surface area (Å²) in [4.78, 5) is 2.37. The highest BCUT2D eigenvalue weighted by atomic mass is 16.3. The lowest BCUT2D eigenvalue weighted by molar-refractivity contribution is -0.0158. The molecule has 2 saturated heterocycles. The predicted octanol–water partition coefficient (Wildman–Crippen LogP) is 1.23. The van der Waals surface area contributed by atoms with Crippen molar-refractivity contribution in [2.75, 3.05) is 19.6 Å². The Morgan fingerprint density at radius 1 is 1.22 bits per heavy atom. The van der Waals surface area contributed by atoms with Crippen LogP contribution in [0, 0.1) is 5.92 Å². The van der Waals surface area contributed by atoms with Crippen LogP contribution in [-0.2, 0) is 6.54 Å². The van der Waals surface area contributed by atoms with E-state index in [-0.39, 0.29) is 6.10 Å². The Kier molecular flexibility index (Phi) is 3.64. The van der Waals surface area contributed by atoms with Crippen molar-refractivity contribution in [1.29, 1.82) is 0 Å². The number of piperidine rings is 2. The van der Waals surface area contributed by atoms with Gasteiger partial charge in [0, 0.05) is 31.6 Å². The van der Waals surface area contributed by atoms with Crippen LogP contribution >= 0.6 is 0 Å². The molecule has 0 aliphatic carbocycles. The van der Waals surface area contributed by atoms with Crippen LogP contribution in [0.4, 0.5) is 0 Å². The maximum atomic E-state index is 10.3. The molecule has 2 heterocycles. The molecular weight excluding hydrogens is 224 g/mol. The number of hydrogen-bond acceptors (Lipinski definition) is 3. The van der Waals surface area contributed by atoms with E-state index in [1.54, 1.807) is 0 Å². The van der Waals surface area contributed by atoms with Gasteiger partial charge >= 0.3 is 0 Å². The number of hydrogen-bond donors (Lipinski definition) is 2. The smallest absolute Gasteiger partial charge is 0.0710 e. The highest BCUT2D eigenvalue weighted by Gasteiger charge is 2.36. The Labute approximate surface area is 109 Å². The van der Waals surface area contributed by atoms with Crippen molar-refractivity contribution in [1.82, 2.24) is 10.2 Å². The van der Waals surface area contributed by atoms with Crippen LogP contribution in [-0.4, -0.2) is 41.8 Å². The number of β-amino-alcohol motifs (C(OH)–C–C–N with tert-alkyl or cyclic N) is 1. The molecule has 98 valence electrons. The fourth-order valence-corrected chi connectivity index (χ4v) is 3.36. The molecule has 2 aliphatic rings. The predicted molar refractivity (Wildman–Crippen MR) is 72.2 cm³/mol. The van der Waals surface area contributed by atoms with Gasteiger partial charge in [0.05, 0.1) is 6.10 Å². The second-order valence-electron chi connectivity index (χ2n) is 5.61. The van der Waals surface area contributed by atoms with Crippen molar-refractivity contribution in [2.24, 2.45) is 5.92 Å². The van der Waals surface area contributed by atoms with Crippen LogP contribution < -0.4 is 5.32 Å². The minimum Gasteiger partial charge on any atom is -0.391 e. The molecule has 0 spiro atoms. The van der Waals surface area contributed by atoms with Crippen LogP contribution in [0.1, 0.15) is 18.4 Å². The summed E-state index contributed by atoms with van der Waals surface area (Å²) < 4.78 is 0. The molecule has 3 unspecified atom stereocenters. The standard InChI is InChI=1S/C15H22N2O/c18-15-11-17(9-12-5-2-1-3-6-12)10-14-13(15)7-4-8-16-14/h1-3,5-6,13-16,18H,4,7-11H2. The second-order valence-corrected chi connectivity index (χ2v) is 5.61. The Hall–Kier alpha value is -0.900. The van der Waals surface area contributed by atoms with Gasteiger partial charge in [-0.2, -0.15) is 0 Å². The molecule has 3 heteroatoms. The van der Waals surface area contributed by atoms with Gasteiger partial charge in [0.25, 0.3) is 0 Å². The van der Waals surface area contributed by atoms with E-state index < -0.39 is 0 Å². The normalized spacial score (nSPS) is 33.1. The monoisotopic (exact) mass is 246 g/mol. The van der Waals surface area contributed by atoms with Crippen LogP contribution in [0.2, 0.25) is 0 Å². The van der Waals surface area contributed by atoms with E-state index in [0.717, 1.165) is 26.2 Å².